The molecule has 3 aliphatic rings. The van der Waals surface area contributed by atoms with Gasteiger partial charge in [-0.25, -0.2) is 4.79 Å². The Morgan fingerprint density at radius 2 is 2.06 bits per heavy atom. The topological polar surface area (TPSA) is 90.5 Å². The third-order valence-electron chi connectivity index (χ3n) is 6.89. The van der Waals surface area contributed by atoms with Gasteiger partial charge in [0.05, 0.1) is 12.1 Å². The van der Waals surface area contributed by atoms with Crippen molar-refractivity contribution in [2.75, 3.05) is 17.6 Å². The number of thioether (sulfide) groups is 1. The van der Waals surface area contributed by atoms with Gasteiger partial charge in [0.15, 0.2) is 0 Å². The molecule has 4 atom stereocenters. The number of likely N-dealkylation sites (tertiary alicyclic amines) is 1. The number of carbonyl (C=O) groups excluding carboxylic acids is 3. The number of hydrogen-bond donors (Lipinski definition) is 3. The smallest absolute Gasteiger partial charge is 0.315 e. The van der Waals surface area contributed by atoms with Crippen molar-refractivity contribution in [2.45, 2.75) is 82.2 Å². The monoisotopic (exact) mass is 458 g/mol. The van der Waals surface area contributed by atoms with Gasteiger partial charge in [-0.05, 0) is 69.7 Å². The average molecular weight is 459 g/mol. The van der Waals surface area contributed by atoms with Crippen LogP contribution in [0, 0.1) is 6.92 Å². The van der Waals surface area contributed by atoms with Gasteiger partial charge in [0.1, 0.15) is 0 Å². The Kier molecular flexibility index (Phi) is 7.28. The van der Waals surface area contributed by atoms with Crippen molar-refractivity contribution in [3.8, 4) is 0 Å². The molecule has 1 aromatic carbocycles. The molecule has 3 fully saturated rings. The lowest BCUT2D eigenvalue weighted by Gasteiger charge is -2.33. The second kappa shape index (κ2) is 10.1. The van der Waals surface area contributed by atoms with E-state index < -0.39 is 0 Å². The molecule has 3 N–H and O–H groups in total. The Morgan fingerprint density at radius 3 is 2.84 bits per heavy atom. The summed E-state index contributed by atoms with van der Waals surface area (Å²) >= 11 is 1.90. The number of carbonyl (C=O) groups is 3. The third kappa shape index (κ3) is 5.22. The van der Waals surface area contributed by atoms with Crippen molar-refractivity contribution in [3.05, 3.63) is 29.3 Å². The number of benzene rings is 1. The van der Waals surface area contributed by atoms with Crippen LogP contribution >= 0.6 is 11.8 Å². The van der Waals surface area contributed by atoms with E-state index in [1.54, 1.807) is 0 Å². The molecule has 0 radical (unpaired) electrons. The molecule has 0 spiro atoms. The molecular weight excluding hydrogens is 424 g/mol. The fourth-order valence-electron chi connectivity index (χ4n) is 4.99. The molecule has 0 unspecified atom stereocenters. The van der Waals surface area contributed by atoms with E-state index in [1.165, 1.54) is 6.42 Å². The van der Waals surface area contributed by atoms with Gasteiger partial charge in [-0.2, -0.15) is 11.8 Å². The van der Waals surface area contributed by atoms with Crippen LogP contribution in [0.25, 0.3) is 0 Å². The minimum Gasteiger partial charge on any atom is -0.336 e. The van der Waals surface area contributed by atoms with Gasteiger partial charge in [0, 0.05) is 41.3 Å². The SMILES string of the molecule is Cc1cc(C(=O)N2CCCC[C@H]2C)ccc1NC(=O)CCCC[C@@H]1SC[C@@H]2NC(=O)N[C@@H]21. The summed E-state index contributed by atoms with van der Waals surface area (Å²) in [6.45, 7) is 4.87. The normalized spacial score (nSPS) is 26.9. The third-order valence-corrected chi connectivity index (χ3v) is 8.40. The zero-order valence-electron chi connectivity index (χ0n) is 19.0. The summed E-state index contributed by atoms with van der Waals surface area (Å²) in [7, 11) is 0. The minimum atomic E-state index is -0.0572. The van der Waals surface area contributed by atoms with E-state index in [0.717, 1.165) is 55.7 Å². The molecule has 8 heteroatoms. The molecule has 0 aromatic heterocycles. The summed E-state index contributed by atoms with van der Waals surface area (Å²) in [6.07, 6.45) is 6.58. The zero-order valence-corrected chi connectivity index (χ0v) is 19.8. The predicted octanol–water partition coefficient (Wildman–Crippen LogP) is 3.67. The van der Waals surface area contributed by atoms with Crippen LogP contribution in [0.2, 0.25) is 0 Å². The van der Waals surface area contributed by atoms with Crippen LogP contribution in [0.1, 0.15) is 67.8 Å². The lowest BCUT2D eigenvalue weighted by Crippen LogP contribution is -2.42. The fraction of sp³-hybridized carbons (Fsp3) is 0.625. The minimum absolute atomic E-state index is 0.00427. The Labute approximate surface area is 194 Å². The number of rotatable bonds is 7. The van der Waals surface area contributed by atoms with Crippen molar-refractivity contribution >= 4 is 35.3 Å². The maximum atomic E-state index is 12.9. The summed E-state index contributed by atoms with van der Waals surface area (Å²) in [4.78, 5) is 38.8. The van der Waals surface area contributed by atoms with Crippen molar-refractivity contribution < 1.29 is 14.4 Å². The van der Waals surface area contributed by atoms with E-state index in [2.05, 4.69) is 22.9 Å². The Bertz CT molecular complexity index is 877. The van der Waals surface area contributed by atoms with E-state index in [0.29, 0.717) is 17.2 Å². The molecular formula is C24H34N4O3S. The first kappa shape index (κ1) is 23.0. The van der Waals surface area contributed by atoms with Crippen molar-refractivity contribution in [3.63, 3.8) is 0 Å². The van der Waals surface area contributed by atoms with E-state index in [4.69, 9.17) is 0 Å². The summed E-state index contributed by atoms with van der Waals surface area (Å²) < 4.78 is 0. The number of amides is 4. The highest BCUT2D eigenvalue weighted by molar-refractivity contribution is 8.00. The van der Waals surface area contributed by atoms with Gasteiger partial charge in [-0.3, -0.25) is 9.59 Å². The van der Waals surface area contributed by atoms with Crippen LogP contribution in [0.3, 0.4) is 0 Å². The predicted molar refractivity (Wildman–Crippen MR) is 128 cm³/mol. The number of fused-ring (bicyclic) bond motifs is 1. The number of nitrogens with one attached hydrogen (secondary N) is 3. The van der Waals surface area contributed by atoms with E-state index in [1.807, 2.05) is 41.8 Å². The molecule has 3 saturated heterocycles. The molecule has 0 bridgehead atoms. The maximum absolute atomic E-state index is 12.9. The Hall–Kier alpha value is -2.22. The molecule has 4 amide bonds. The van der Waals surface area contributed by atoms with Gasteiger partial charge in [-0.15, -0.1) is 0 Å². The Balaban J connectivity index is 1.22. The molecule has 32 heavy (non-hydrogen) atoms. The van der Waals surface area contributed by atoms with E-state index >= 15 is 0 Å². The molecule has 0 aliphatic carbocycles. The molecule has 1 aromatic rings. The first-order chi connectivity index (χ1) is 15.4. The summed E-state index contributed by atoms with van der Waals surface area (Å²) in [5.74, 6) is 1.05. The number of nitrogens with zero attached hydrogens (tertiary/aromatic N) is 1. The second-order valence-corrected chi connectivity index (χ2v) is 10.6. The maximum Gasteiger partial charge on any atom is 0.315 e. The number of unbranched alkanes of at least 4 members (excludes halogenated alkanes) is 1. The molecule has 174 valence electrons. The van der Waals surface area contributed by atoms with Gasteiger partial charge in [-0.1, -0.05) is 6.42 Å². The van der Waals surface area contributed by atoms with Gasteiger partial charge in [0.2, 0.25) is 5.91 Å². The highest BCUT2D eigenvalue weighted by Crippen LogP contribution is 2.33. The second-order valence-electron chi connectivity index (χ2n) is 9.29. The standard InChI is InChI=1S/C24H34N4O3S/c1-15-13-17(23(30)28-12-6-5-7-16(28)2)10-11-18(15)25-21(29)9-4-3-8-20-22-19(14-32-20)26-24(31)27-22/h10-11,13,16,19-20,22H,3-9,12,14H2,1-2H3,(H,25,29)(H2,26,27,31)/t16-,19+,20+,22+/m1/s1. The summed E-state index contributed by atoms with van der Waals surface area (Å²) in [6, 6.07) is 6.25. The van der Waals surface area contributed by atoms with E-state index in [9.17, 15) is 14.4 Å². The van der Waals surface area contributed by atoms with Crippen molar-refractivity contribution in [1.29, 1.82) is 0 Å². The summed E-state index contributed by atoms with van der Waals surface area (Å²) in [5, 5.41) is 9.40. The molecule has 4 rings (SSSR count). The number of aryl methyl sites for hydroxylation is 1. The highest BCUT2D eigenvalue weighted by Gasteiger charge is 2.42. The quantitative estimate of drug-likeness (QED) is 0.429. The first-order valence-electron chi connectivity index (χ1n) is 11.8. The zero-order chi connectivity index (χ0) is 22.7. The molecule has 3 aliphatic heterocycles. The molecule has 0 saturated carbocycles. The number of anilines is 1. The van der Waals surface area contributed by atoms with Crippen molar-refractivity contribution in [1.82, 2.24) is 15.5 Å². The van der Waals surface area contributed by atoms with Gasteiger partial charge >= 0.3 is 6.03 Å². The lowest BCUT2D eigenvalue weighted by molar-refractivity contribution is -0.116. The van der Waals surface area contributed by atoms with Crippen LogP contribution in [-0.2, 0) is 4.79 Å². The number of hydrogen-bond acceptors (Lipinski definition) is 4. The number of piperidine rings is 1. The Morgan fingerprint density at radius 1 is 1.22 bits per heavy atom. The van der Waals surface area contributed by atoms with Crippen LogP contribution in [-0.4, -0.2) is 58.4 Å². The van der Waals surface area contributed by atoms with Crippen LogP contribution < -0.4 is 16.0 Å². The van der Waals surface area contributed by atoms with Crippen LogP contribution in [0.15, 0.2) is 18.2 Å². The molecule has 3 heterocycles. The largest absolute Gasteiger partial charge is 0.336 e. The van der Waals surface area contributed by atoms with Gasteiger partial charge < -0.3 is 20.9 Å². The average Bonchev–Trinajstić information content (AvgIpc) is 3.32. The highest BCUT2D eigenvalue weighted by atomic mass is 32.2. The van der Waals surface area contributed by atoms with Crippen molar-refractivity contribution in [2.24, 2.45) is 0 Å². The van der Waals surface area contributed by atoms with E-state index in [-0.39, 0.29) is 36.0 Å². The summed E-state index contributed by atoms with van der Waals surface area (Å²) in [5.41, 5.74) is 2.37. The first-order valence-corrected chi connectivity index (χ1v) is 12.9. The lowest BCUT2D eigenvalue weighted by atomic mass is 10.0. The number of urea groups is 1. The fourth-order valence-corrected chi connectivity index (χ4v) is 6.53. The van der Waals surface area contributed by atoms with Gasteiger partial charge in [0.25, 0.3) is 5.91 Å². The molecule has 7 nitrogen and oxygen atoms in total. The van der Waals surface area contributed by atoms with Crippen LogP contribution in [0.4, 0.5) is 10.5 Å². The van der Waals surface area contributed by atoms with Crippen LogP contribution in [0.5, 0.6) is 0 Å².